The Balaban J connectivity index is 2.03. The molecule has 1 aromatic carbocycles. The van der Waals surface area contributed by atoms with Gasteiger partial charge in [-0.2, -0.15) is 8.42 Å². The maximum Gasteiger partial charge on any atom is 0.297 e. The summed E-state index contributed by atoms with van der Waals surface area (Å²) < 4.78 is 35.1. The zero-order chi connectivity index (χ0) is 19.3. The van der Waals surface area contributed by atoms with Crippen LogP contribution in [-0.4, -0.2) is 20.0 Å². The highest BCUT2D eigenvalue weighted by molar-refractivity contribution is 7.86. The van der Waals surface area contributed by atoms with Gasteiger partial charge in [0, 0.05) is 18.0 Å². The van der Waals surface area contributed by atoms with Crippen molar-refractivity contribution in [2.24, 2.45) is 5.92 Å². The van der Waals surface area contributed by atoms with Gasteiger partial charge < -0.3 is 9.72 Å². The smallest absolute Gasteiger partial charge is 0.297 e. The second-order valence-electron chi connectivity index (χ2n) is 6.68. The zero-order valence-electron chi connectivity index (χ0n) is 15.5. The molecule has 0 amide bonds. The van der Waals surface area contributed by atoms with Crippen LogP contribution >= 0.6 is 0 Å². The Morgan fingerprint density at radius 2 is 1.85 bits per heavy atom. The Bertz CT molecular complexity index is 916. The van der Waals surface area contributed by atoms with Crippen molar-refractivity contribution in [3.63, 3.8) is 0 Å². The molecule has 0 aliphatic carbocycles. The first-order valence-electron chi connectivity index (χ1n) is 8.50. The third kappa shape index (κ3) is 5.44. The number of ether oxygens (including phenoxy) is 1. The second-order valence-corrected chi connectivity index (χ2v) is 8.30. The van der Waals surface area contributed by atoms with E-state index >= 15 is 0 Å². The number of nitrogens with one attached hydrogen (secondary N) is 1. The Hall–Kier alpha value is -2.12. The predicted molar refractivity (Wildman–Crippen MR) is 99.9 cm³/mol. The van der Waals surface area contributed by atoms with E-state index in [1.165, 1.54) is 18.3 Å². The molecule has 26 heavy (non-hydrogen) atoms. The maximum absolute atomic E-state index is 12.3. The van der Waals surface area contributed by atoms with E-state index in [1.54, 1.807) is 12.1 Å². The number of hydrogen-bond acceptors (Lipinski definition) is 5. The average molecular weight is 379 g/mol. The number of H-pyrrole nitrogens is 1. The van der Waals surface area contributed by atoms with Crippen LogP contribution in [0.2, 0.25) is 0 Å². The summed E-state index contributed by atoms with van der Waals surface area (Å²) in [7, 11) is -3.90. The van der Waals surface area contributed by atoms with Gasteiger partial charge in [-0.3, -0.25) is 8.98 Å². The highest BCUT2D eigenvalue weighted by Crippen LogP contribution is 2.18. The second kappa shape index (κ2) is 8.51. The van der Waals surface area contributed by atoms with E-state index in [0.717, 1.165) is 17.5 Å². The minimum absolute atomic E-state index is 0.0941. The van der Waals surface area contributed by atoms with Crippen molar-refractivity contribution in [3.8, 4) is 5.75 Å². The molecule has 1 N–H and O–H groups in total. The third-order valence-corrected chi connectivity index (χ3v) is 5.29. The number of aromatic amines is 1. The molecule has 0 radical (unpaired) electrons. The molecule has 0 aliphatic heterocycles. The largest absolute Gasteiger partial charge is 0.488 e. The van der Waals surface area contributed by atoms with Crippen molar-refractivity contribution in [2.45, 2.75) is 45.6 Å². The Kier molecular flexibility index (Phi) is 6.61. The fourth-order valence-corrected chi connectivity index (χ4v) is 3.15. The molecule has 6 nitrogen and oxygen atoms in total. The number of hydrogen-bond donors (Lipinski definition) is 1. The summed E-state index contributed by atoms with van der Waals surface area (Å²) >= 11 is 0. The molecule has 7 heteroatoms. The van der Waals surface area contributed by atoms with Crippen LogP contribution < -0.4 is 10.2 Å². The lowest BCUT2D eigenvalue weighted by atomic mass is 10.1. The van der Waals surface area contributed by atoms with Gasteiger partial charge in [0.25, 0.3) is 10.1 Å². The van der Waals surface area contributed by atoms with E-state index in [9.17, 15) is 13.2 Å². The van der Waals surface area contributed by atoms with Gasteiger partial charge in [-0.15, -0.1) is 0 Å². The Morgan fingerprint density at radius 1 is 1.12 bits per heavy atom. The maximum atomic E-state index is 12.3. The van der Waals surface area contributed by atoms with E-state index < -0.39 is 10.1 Å². The normalized spacial score (nSPS) is 11.7. The van der Waals surface area contributed by atoms with Gasteiger partial charge in [-0.1, -0.05) is 19.9 Å². The monoisotopic (exact) mass is 379 g/mol. The Labute approximate surface area is 154 Å². The van der Waals surface area contributed by atoms with Gasteiger partial charge in [0.15, 0.2) is 5.75 Å². The average Bonchev–Trinajstić information content (AvgIpc) is 2.57. The molecule has 0 fully saturated rings. The molecule has 2 rings (SSSR count). The van der Waals surface area contributed by atoms with Crippen molar-refractivity contribution in [3.05, 3.63) is 57.5 Å². The molecule has 0 saturated heterocycles. The molecule has 1 heterocycles. The molecule has 0 bridgehead atoms. The van der Waals surface area contributed by atoms with Crippen molar-refractivity contribution >= 4 is 10.1 Å². The van der Waals surface area contributed by atoms with Crippen LogP contribution in [0.15, 0.2) is 40.2 Å². The summed E-state index contributed by atoms with van der Waals surface area (Å²) in [6, 6.07) is 6.10. The number of benzene rings is 1. The van der Waals surface area contributed by atoms with E-state index in [2.05, 4.69) is 18.8 Å². The van der Waals surface area contributed by atoms with Gasteiger partial charge in [-0.25, -0.2) is 0 Å². The van der Waals surface area contributed by atoms with Gasteiger partial charge in [0.1, 0.15) is 6.61 Å². The van der Waals surface area contributed by atoms with Crippen LogP contribution in [0.5, 0.6) is 5.75 Å². The topological polar surface area (TPSA) is 85.5 Å². The first-order chi connectivity index (χ1) is 12.2. The zero-order valence-corrected chi connectivity index (χ0v) is 16.4. The van der Waals surface area contributed by atoms with E-state index in [-0.39, 0.29) is 22.7 Å². The molecule has 0 saturated carbocycles. The Morgan fingerprint density at radius 3 is 2.46 bits per heavy atom. The van der Waals surface area contributed by atoms with Crippen LogP contribution in [0, 0.1) is 19.8 Å². The summed E-state index contributed by atoms with van der Waals surface area (Å²) in [6.07, 6.45) is 2.28. The lowest BCUT2D eigenvalue weighted by Gasteiger charge is -2.09. The van der Waals surface area contributed by atoms with Gasteiger partial charge in [0.05, 0.1) is 11.5 Å². The van der Waals surface area contributed by atoms with Crippen LogP contribution in [0.4, 0.5) is 0 Å². The minimum atomic E-state index is -3.90. The standard InChI is InChI=1S/C19H25NO5S/c1-13(2)7-8-24-19-11-20-16(10-18(19)21)12-25-26(22,23)17-6-5-14(3)15(4)9-17/h5-6,9-11,13H,7-8,12H2,1-4H3,(H,20,21). The quantitative estimate of drug-likeness (QED) is 0.711. The summed E-state index contributed by atoms with van der Waals surface area (Å²) in [4.78, 5) is 15.0. The van der Waals surface area contributed by atoms with Crippen molar-refractivity contribution in [2.75, 3.05) is 6.61 Å². The van der Waals surface area contributed by atoms with Gasteiger partial charge in [0.2, 0.25) is 5.43 Å². The first kappa shape index (κ1) is 20.2. The highest BCUT2D eigenvalue weighted by atomic mass is 32.2. The van der Waals surface area contributed by atoms with Crippen LogP contribution in [-0.2, 0) is 20.9 Å². The number of aryl methyl sites for hydroxylation is 2. The van der Waals surface area contributed by atoms with E-state index in [1.807, 2.05) is 13.8 Å². The van der Waals surface area contributed by atoms with Crippen molar-refractivity contribution < 1.29 is 17.3 Å². The molecule has 0 atom stereocenters. The van der Waals surface area contributed by atoms with Crippen LogP contribution in [0.1, 0.15) is 37.1 Å². The lowest BCUT2D eigenvalue weighted by Crippen LogP contribution is -2.13. The summed E-state index contributed by atoms with van der Waals surface area (Å²) in [5.74, 6) is 0.698. The summed E-state index contributed by atoms with van der Waals surface area (Å²) in [5.41, 5.74) is 1.92. The fourth-order valence-electron chi connectivity index (χ4n) is 2.18. The molecule has 1 aromatic heterocycles. The SMILES string of the molecule is Cc1ccc(S(=O)(=O)OCc2cc(=O)c(OCCC(C)C)c[nH]2)cc1C. The number of rotatable bonds is 8. The molecule has 2 aromatic rings. The van der Waals surface area contributed by atoms with E-state index in [0.29, 0.717) is 18.2 Å². The van der Waals surface area contributed by atoms with Crippen LogP contribution in [0.25, 0.3) is 0 Å². The minimum Gasteiger partial charge on any atom is -0.488 e. The molecular weight excluding hydrogens is 354 g/mol. The molecule has 0 unspecified atom stereocenters. The van der Waals surface area contributed by atoms with Gasteiger partial charge in [-0.05, 0) is 49.4 Å². The van der Waals surface area contributed by atoms with Crippen molar-refractivity contribution in [1.29, 1.82) is 0 Å². The number of pyridine rings is 1. The third-order valence-electron chi connectivity index (χ3n) is 4.03. The molecule has 0 aliphatic rings. The van der Waals surface area contributed by atoms with Crippen molar-refractivity contribution in [1.82, 2.24) is 4.98 Å². The number of aromatic nitrogens is 1. The summed E-state index contributed by atoms with van der Waals surface area (Å²) in [5, 5.41) is 0. The molecule has 142 valence electrons. The highest BCUT2D eigenvalue weighted by Gasteiger charge is 2.16. The first-order valence-corrected chi connectivity index (χ1v) is 9.91. The van der Waals surface area contributed by atoms with Crippen LogP contribution in [0.3, 0.4) is 0 Å². The van der Waals surface area contributed by atoms with E-state index in [4.69, 9.17) is 8.92 Å². The lowest BCUT2D eigenvalue weighted by molar-refractivity contribution is 0.283. The molecular formula is C19H25NO5S. The van der Waals surface area contributed by atoms with Gasteiger partial charge >= 0.3 is 0 Å². The fraction of sp³-hybridized carbons (Fsp3) is 0.421. The molecule has 0 spiro atoms. The summed E-state index contributed by atoms with van der Waals surface area (Å²) in [6.45, 7) is 8.09. The predicted octanol–water partition coefficient (Wildman–Crippen LogP) is 3.32.